The number of benzene rings is 1. The SMILES string of the molecule is Cc1cnc(SCc2cc(=O)n(-c3nc4ccccc4s3)[nH]2)s1. The van der Waals surface area contributed by atoms with Crippen LogP contribution in [0, 0.1) is 6.92 Å². The molecule has 8 heteroatoms. The van der Waals surface area contributed by atoms with Crippen molar-refractivity contribution in [1.29, 1.82) is 0 Å². The molecular weight excluding hydrogens is 348 g/mol. The summed E-state index contributed by atoms with van der Waals surface area (Å²) < 4.78 is 3.59. The Morgan fingerprint density at radius 3 is 2.96 bits per heavy atom. The maximum atomic E-state index is 12.2. The predicted molar refractivity (Wildman–Crippen MR) is 96.0 cm³/mol. The van der Waals surface area contributed by atoms with Gasteiger partial charge in [-0.2, -0.15) is 4.68 Å². The molecule has 3 aromatic heterocycles. The Morgan fingerprint density at radius 2 is 2.17 bits per heavy atom. The first kappa shape index (κ1) is 14.7. The molecule has 0 spiro atoms. The molecule has 4 rings (SSSR count). The lowest BCUT2D eigenvalue weighted by Gasteiger charge is -1.96. The average molecular weight is 360 g/mol. The van der Waals surface area contributed by atoms with Crippen LogP contribution < -0.4 is 5.56 Å². The van der Waals surface area contributed by atoms with Crippen molar-refractivity contribution < 1.29 is 0 Å². The maximum Gasteiger partial charge on any atom is 0.273 e. The Labute approximate surface area is 144 Å². The normalized spacial score (nSPS) is 11.3. The van der Waals surface area contributed by atoms with Crippen LogP contribution in [0.2, 0.25) is 0 Å². The Hall–Kier alpha value is -1.90. The molecule has 0 aliphatic rings. The third-order valence-electron chi connectivity index (χ3n) is 3.20. The number of hydrogen-bond donors (Lipinski definition) is 1. The summed E-state index contributed by atoms with van der Waals surface area (Å²) in [5.41, 5.74) is 1.69. The quantitative estimate of drug-likeness (QED) is 0.562. The van der Waals surface area contributed by atoms with Gasteiger partial charge in [0.15, 0.2) is 0 Å². The molecule has 0 radical (unpaired) electrons. The number of aromatic nitrogens is 4. The molecule has 0 bridgehead atoms. The van der Waals surface area contributed by atoms with Gasteiger partial charge in [0, 0.05) is 28.6 Å². The molecule has 23 heavy (non-hydrogen) atoms. The molecule has 116 valence electrons. The van der Waals surface area contributed by atoms with Crippen LogP contribution >= 0.6 is 34.4 Å². The molecule has 0 unspecified atom stereocenters. The molecule has 0 saturated heterocycles. The standard InChI is InChI=1S/C15H12N4OS3/c1-9-7-16-15(22-9)21-8-10-6-13(20)19(18-10)14-17-11-4-2-3-5-12(11)23-14/h2-7,18H,8H2,1H3. The fourth-order valence-electron chi connectivity index (χ4n) is 2.16. The van der Waals surface area contributed by atoms with Gasteiger partial charge in [-0.1, -0.05) is 35.2 Å². The number of aryl methyl sites for hydroxylation is 1. The highest BCUT2D eigenvalue weighted by molar-refractivity contribution is 8.00. The first-order chi connectivity index (χ1) is 11.2. The minimum atomic E-state index is -0.0880. The fourth-order valence-corrected chi connectivity index (χ4v) is 4.94. The largest absolute Gasteiger partial charge is 0.292 e. The van der Waals surface area contributed by atoms with Gasteiger partial charge in [0.1, 0.15) is 4.34 Å². The number of nitrogens with zero attached hydrogens (tertiary/aromatic N) is 3. The summed E-state index contributed by atoms with van der Waals surface area (Å²) in [5.74, 6) is 0.681. The second kappa shape index (κ2) is 5.95. The monoisotopic (exact) mass is 360 g/mol. The number of fused-ring (bicyclic) bond motifs is 1. The van der Waals surface area contributed by atoms with Crippen LogP contribution in [0.1, 0.15) is 10.6 Å². The zero-order valence-corrected chi connectivity index (χ0v) is 14.6. The predicted octanol–water partition coefficient (Wildman–Crippen LogP) is 3.83. The fraction of sp³-hybridized carbons (Fsp3) is 0.133. The van der Waals surface area contributed by atoms with E-state index >= 15 is 0 Å². The molecule has 0 aliphatic heterocycles. The van der Waals surface area contributed by atoms with Gasteiger partial charge in [0.05, 0.1) is 10.2 Å². The molecule has 5 nitrogen and oxygen atoms in total. The first-order valence-electron chi connectivity index (χ1n) is 6.91. The molecule has 1 N–H and O–H groups in total. The van der Waals surface area contributed by atoms with Crippen molar-refractivity contribution in [3.63, 3.8) is 0 Å². The molecule has 0 amide bonds. The Balaban J connectivity index is 1.60. The van der Waals surface area contributed by atoms with Crippen molar-refractivity contribution in [2.75, 3.05) is 0 Å². The van der Waals surface area contributed by atoms with E-state index in [2.05, 4.69) is 15.1 Å². The second-order valence-corrected chi connectivity index (χ2v) is 8.41. The first-order valence-corrected chi connectivity index (χ1v) is 9.53. The van der Waals surface area contributed by atoms with Gasteiger partial charge in [-0.05, 0) is 19.1 Å². The van der Waals surface area contributed by atoms with Crippen LogP contribution in [0.15, 0.2) is 45.7 Å². The van der Waals surface area contributed by atoms with Gasteiger partial charge in [-0.25, -0.2) is 9.97 Å². The van der Waals surface area contributed by atoms with Crippen molar-refractivity contribution in [1.82, 2.24) is 19.7 Å². The highest BCUT2D eigenvalue weighted by Crippen LogP contribution is 2.27. The number of thiazole rings is 2. The van der Waals surface area contributed by atoms with E-state index in [1.165, 1.54) is 20.9 Å². The third-order valence-corrected chi connectivity index (χ3v) is 6.34. The Kier molecular flexibility index (Phi) is 3.80. The van der Waals surface area contributed by atoms with E-state index < -0.39 is 0 Å². The van der Waals surface area contributed by atoms with Gasteiger partial charge < -0.3 is 0 Å². The smallest absolute Gasteiger partial charge is 0.273 e. The zero-order valence-electron chi connectivity index (χ0n) is 12.1. The van der Waals surface area contributed by atoms with Crippen LogP contribution in [-0.4, -0.2) is 19.7 Å². The summed E-state index contributed by atoms with van der Waals surface area (Å²) in [6, 6.07) is 9.50. The minimum absolute atomic E-state index is 0.0880. The van der Waals surface area contributed by atoms with E-state index in [1.54, 1.807) is 29.2 Å². The molecule has 0 saturated carbocycles. The Bertz CT molecular complexity index is 994. The maximum absolute atomic E-state index is 12.2. The number of H-pyrrole nitrogens is 1. The highest BCUT2D eigenvalue weighted by Gasteiger charge is 2.11. The molecular formula is C15H12N4OS3. The molecule has 3 heterocycles. The van der Waals surface area contributed by atoms with Gasteiger partial charge in [0.25, 0.3) is 5.56 Å². The van der Waals surface area contributed by atoms with E-state index in [0.717, 1.165) is 20.3 Å². The topological polar surface area (TPSA) is 63.6 Å². The van der Waals surface area contributed by atoms with Crippen LogP contribution in [-0.2, 0) is 5.75 Å². The van der Waals surface area contributed by atoms with E-state index in [1.807, 2.05) is 37.4 Å². The summed E-state index contributed by atoms with van der Waals surface area (Å²) in [6.45, 7) is 2.03. The molecule has 4 aromatic rings. The van der Waals surface area contributed by atoms with E-state index in [-0.39, 0.29) is 5.56 Å². The lowest BCUT2D eigenvalue weighted by atomic mass is 10.3. The second-order valence-electron chi connectivity index (χ2n) is 4.94. The number of hydrogen-bond acceptors (Lipinski definition) is 6. The van der Waals surface area contributed by atoms with Crippen LogP contribution in [0.25, 0.3) is 15.3 Å². The summed E-state index contributed by atoms with van der Waals surface area (Å²) in [7, 11) is 0. The van der Waals surface area contributed by atoms with Crippen molar-refractivity contribution in [3.05, 3.63) is 57.5 Å². The van der Waals surface area contributed by atoms with Crippen LogP contribution in [0.4, 0.5) is 0 Å². The number of rotatable bonds is 4. The molecule has 0 atom stereocenters. The lowest BCUT2D eigenvalue weighted by Crippen LogP contribution is -2.12. The molecule has 0 aliphatic carbocycles. The van der Waals surface area contributed by atoms with Gasteiger partial charge in [-0.3, -0.25) is 9.89 Å². The zero-order chi connectivity index (χ0) is 15.8. The Morgan fingerprint density at radius 1 is 1.30 bits per heavy atom. The van der Waals surface area contributed by atoms with E-state index in [9.17, 15) is 4.79 Å². The average Bonchev–Trinajstić information content (AvgIpc) is 3.23. The number of para-hydroxylation sites is 1. The van der Waals surface area contributed by atoms with Crippen LogP contribution in [0.3, 0.4) is 0 Å². The number of thioether (sulfide) groups is 1. The van der Waals surface area contributed by atoms with E-state index in [0.29, 0.717) is 10.9 Å². The highest BCUT2D eigenvalue weighted by atomic mass is 32.2. The van der Waals surface area contributed by atoms with Crippen molar-refractivity contribution >= 4 is 44.7 Å². The van der Waals surface area contributed by atoms with Gasteiger partial charge in [-0.15, -0.1) is 11.3 Å². The van der Waals surface area contributed by atoms with E-state index in [4.69, 9.17) is 0 Å². The minimum Gasteiger partial charge on any atom is -0.292 e. The van der Waals surface area contributed by atoms with Crippen molar-refractivity contribution in [3.8, 4) is 5.13 Å². The lowest BCUT2D eigenvalue weighted by molar-refractivity contribution is 0.827. The number of nitrogens with one attached hydrogen (secondary N) is 1. The van der Waals surface area contributed by atoms with Crippen molar-refractivity contribution in [2.45, 2.75) is 17.0 Å². The van der Waals surface area contributed by atoms with Gasteiger partial charge >= 0.3 is 0 Å². The summed E-state index contributed by atoms with van der Waals surface area (Å²) >= 11 is 4.78. The number of aromatic amines is 1. The summed E-state index contributed by atoms with van der Waals surface area (Å²) in [6.07, 6.45) is 1.86. The summed E-state index contributed by atoms with van der Waals surface area (Å²) in [5, 5.41) is 3.81. The summed E-state index contributed by atoms with van der Waals surface area (Å²) in [4.78, 5) is 22.2. The molecule has 0 fully saturated rings. The third kappa shape index (κ3) is 2.97. The molecule has 1 aromatic carbocycles. The van der Waals surface area contributed by atoms with Crippen LogP contribution in [0.5, 0.6) is 0 Å². The van der Waals surface area contributed by atoms with Gasteiger partial charge in [0.2, 0.25) is 5.13 Å². The van der Waals surface area contributed by atoms with Crippen molar-refractivity contribution in [2.24, 2.45) is 0 Å².